The van der Waals surface area contributed by atoms with Crippen LogP contribution in [0.4, 0.5) is 10.8 Å². The third-order valence-electron chi connectivity index (χ3n) is 3.76. The van der Waals surface area contributed by atoms with Crippen molar-refractivity contribution >= 4 is 45.7 Å². The quantitative estimate of drug-likeness (QED) is 0.395. The number of aromatic nitrogens is 2. The van der Waals surface area contributed by atoms with Crippen molar-refractivity contribution < 1.29 is 14.0 Å². The molecule has 0 spiro atoms. The summed E-state index contributed by atoms with van der Waals surface area (Å²) in [6.07, 6.45) is 4.80. The molecule has 0 saturated heterocycles. The first kappa shape index (κ1) is 20.1. The Kier molecular flexibility index (Phi) is 7.21. The summed E-state index contributed by atoms with van der Waals surface area (Å²) in [5.74, 6) is -0.108. The van der Waals surface area contributed by atoms with Crippen LogP contribution in [0.3, 0.4) is 0 Å². The summed E-state index contributed by atoms with van der Waals surface area (Å²) in [5.41, 5.74) is 2.04. The van der Waals surface area contributed by atoms with E-state index in [1.807, 2.05) is 24.3 Å². The number of carbonyl (C=O) groups excluding carboxylic acids is 2. The van der Waals surface area contributed by atoms with Crippen molar-refractivity contribution in [1.82, 2.24) is 10.2 Å². The number of carbonyl (C=O) groups is 2. The lowest BCUT2D eigenvalue weighted by atomic mass is 10.1. The van der Waals surface area contributed by atoms with E-state index < -0.39 is 5.91 Å². The van der Waals surface area contributed by atoms with Gasteiger partial charge in [-0.3, -0.25) is 14.9 Å². The second kappa shape index (κ2) is 10.0. The van der Waals surface area contributed by atoms with Gasteiger partial charge in [0.2, 0.25) is 11.0 Å². The van der Waals surface area contributed by atoms with E-state index in [1.54, 1.807) is 12.1 Å². The molecule has 28 heavy (non-hydrogen) atoms. The summed E-state index contributed by atoms with van der Waals surface area (Å²) in [5, 5.41) is 13.7. The number of thioether (sulfide) groups is 1. The van der Waals surface area contributed by atoms with Crippen LogP contribution in [0.15, 0.2) is 51.4 Å². The molecule has 2 aromatic heterocycles. The van der Waals surface area contributed by atoms with Gasteiger partial charge in [0.15, 0.2) is 10.1 Å². The van der Waals surface area contributed by atoms with E-state index in [2.05, 4.69) is 27.8 Å². The Balaban J connectivity index is 1.44. The van der Waals surface area contributed by atoms with Gasteiger partial charge in [0.05, 0.1) is 12.0 Å². The van der Waals surface area contributed by atoms with Crippen LogP contribution in [0.5, 0.6) is 0 Å². The first-order valence-electron chi connectivity index (χ1n) is 8.84. The number of furan rings is 1. The van der Waals surface area contributed by atoms with E-state index in [1.165, 1.54) is 34.9 Å². The maximum absolute atomic E-state index is 12.1. The second-order valence-corrected chi connectivity index (χ2v) is 8.14. The zero-order valence-corrected chi connectivity index (χ0v) is 16.9. The number of hydrogen-bond donors (Lipinski definition) is 2. The molecule has 0 radical (unpaired) electrons. The Labute approximate surface area is 170 Å². The number of anilines is 2. The lowest BCUT2D eigenvalue weighted by molar-refractivity contribution is -0.113. The smallest absolute Gasteiger partial charge is 0.293 e. The molecular weight excluding hydrogens is 396 g/mol. The minimum absolute atomic E-state index is 0.123. The van der Waals surface area contributed by atoms with Crippen LogP contribution < -0.4 is 10.6 Å². The standard InChI is InChI=1S/C19H20N4O3S2/c1-2-3-5-13-7-9-14(10-8-13)20-16(24)12-27-19-23-22-18(28-19)21-17(25)15-6-4-11-26-15/h4,6-11H,2-3,5,12H2,1H3,(H,20,24)(H,21,22,25). The molecule has 7 nitrogen and oxygen atoms in total. The molecule has 0 unspecified atom stereocenters. The van der Waals surface area contributed by atoms with E-state index in [-0.39, 0.29) is 17.4 Å². The summed E-state index contributed by atoms with van der Waals surface area (Å²) < 4.78 is 5.62. The molecule has 9 heteroatoms. The van der Waals surface area contributed by atoms with Crippen LogP contribution in [0.1, 0.15) is 35.9 Å². The lowest BCUT2D eigenvalue weighted by Gasteiger charge is -2.05. The minimum atomic E-state index is -0.391. The Morgan fingerprint density at radius 1 is 1.14 bits per heavy atom. The predicted molar refractivity (Wildman–Crippen MR) is 111 cm³/mol. The number of amides is 2. The van der Waals surface area contributed by atoms with Gasteiger partial charge in [-0.05, 0) is 42.7 Å². The van der Waals surface area contributed by atoms with E-state index in [9.17, 15) is 9.59 Å². The highest BCUT2D eigenvalue weighted by Gasteiger charge is 2.13. The Bertz CT molecular complexity index is 908. The van der Waals surface area contributed by atoms with Gasteiger partial charge in [0.25, 0.3) is 5.91 Å². The Morgan fingerprint density at radius 3 is 2.68 bits per heavy atom. The topological polar surface area (TPSA) is 97.1 Å². The van der Waals surface area contributed by atoms with Crippen molar-refractivity contribution in [2.75, 3.05) is 16.4 Å². The third kappa shape index (κ3) is 5.93. The Morgan fingerprint density at radius 2 is 1.96 bits per heavy atom. The zero-order chi connectivity index (χ0) is 19.8. The molecule has 2 heterocycles. The van der Waals surface area contributed by atoms with Gasteiger partial charge in [-0.25, -0.2) is 0 Å². The fourth-order valence-electron chi connectivity index (χ4n) is 2.35. The average molecular weight is 417 g/mol. The van der Waals surface area contributed by atoms with Crippen molar-refractivity contribution in [1.29, 1.82) is 0 Å². The van der Waals surface area contributed by atoms with Gasteiger partial charge < -0.3 is 9.73 Å². The monoisotopic (exact) mass is 416 g/mol. The number of hydrogen-bond acceptors (Lipinski definition) is 7. The predicted octanol–water partition coefficient (Wildman–Crippen LogP) is 4.46. The first-order valence-corrected chi connectivity index (χ1v) is 10.6. The molecule has 2 amide bonds. The van der Waals surface area contributed by atoms with Crippen LogP contribution in [0, 0.1) is 0 Å². The van der Waals surface area contributed by atoms with Crippen LogP contribution in [-0.4, -0.2) is 27.8 Å². The largest absolute Gasteiger partial charge is 0.459 e. The van der Waals surface area contributed by atoms with Gasteiger partial charge in [-0.1, -0.05) is 48.6 Å². The minimum Gasteiger partial charge on any atom is -0.459 e. The summed E-state index contributed by atoms with van der Waals surface area (Å²) in [7, 11) is 0. The van der Waals surface area contributed by atoms with Gasteiger partial charge in [-0.2, -0.15) is 0 Å². The summed E-state index contributed by atoms with van der Waals surface area (Å²) >= 11 is 2.47. The first-order chi connectivity index (χ1) is 13.6. The molecule has 0 saturated carbocycles. The zero-order valence-electron chi connectivity index (χ0n) is 15.3. The third-order valence-corrected chi connectivity index (χ3v) is 5.73. The van der Waals surface area contributed by atoms with Crippen molar-refractivity contribution in [3.63, 3.8) is 0 Å². The van der Waals surface area contributed by atoms with Gasteiger partial charge in [0, 0.05) is 5.69 Å². The van der Waals surface area contributed by atoms with E-state index in [0.29, 0.717) is 9.47 Å². The van der Waals surface area contributed by atoms with E-state index in [4.69, 9.17) is 4.42 Å². The van der Waals surface area contributed by atoms with Crippen LogP contribution in [0.2, 0.25) is 0 Å². The van der Waals surface area contributed by atoms with Crippen molar-refractivity contribution in [3.8, 4) is 0 Å². The second-order valence-electron chi connectivity index (χ2n) is 5.94. The maximum atomic E-state index is 12.1. The average Bonchev–Trinajstić information content (AvgIpc) is 3.38. The van der Waals surface area contributed by atoms with Crippen molar-refractivity contribution in [3.05, 3.63) is 54.0 Å². The molecule has 0 aliphatic carbocycles. The number of nitrogens with one attached hydrogen (secondary N) is 2. The molecule has 0 atom stereocenters. The van der Waals surface area contributed by atoms with E-state index >= 15 is 0 Å². The number of nitrogens with zero attached hydrogens (tertiary/aromatic N) is 2. The summed E-state index contributed by atoms with van der Waals surface area (Å²) in [6, 6.07) is 11.1. The molecule has 0 aliphatic rings. The molecule has 3 rings (SSSR count). The normalized spacial score (nSPS) is 10.6. The number of rotatable bonds is 9. The number of unbranched alkanes of at least 4 members (excludes halogenated alkanes) is 1. The molecule has 0 fully saturated rings. The highest BCUT2D eigenvalue weighted by molar-refractivity contribution is 8.01. The fourth-order valence-corrected chi connectivity index (χ4v) is 3.89. The summed E-state index contributed by atoms with van der Waals surface area (Å²) in [6.45, 7) is 2.17. The van der Waals surface area contributed by atoms with Crippen LogP contribution in [-0.2, 0) is 11.2 Å². The molecule has 2 N–H and O–H groups in total. The molecule has 3 aromatic rings. The van der Waals surface area contributed by atoms with E-state index in [0.717, 1.165) is 24.9 Å². The number of benzene rings is 1. The van der Waals surface area contributed by atoms with Crippen LogP contribution in [0.25, 0.3) is 0 Å². The number of aryl methyl sites for hydroxylation is 1. The molecule has 146 valence electrons. The van der Waals surface area contributed by atoms with Crippen LogP contribution >= 0.6 is 23.1 Å². The van der Waals surface area contributed by atoms with Crippen molar-refractivity contribution in [2.45, 2.75) is 30.5 Å². The van der Waals surface area contributed by atoms with Gasteiger partial charge in [0.1, 0.15) is 0 Å². The molecular formula is C19H20N4O3S2. The SMILES string of the molecule is CCCCc1ccc(NC(=O)CSc2nnc(NC(=O)c3ccco3)s2)cc1. The molecule has 0 aliphatic heterocycles. The highest BCUT2D eigenvalue weighted by Crippen LogP contribution is 2.26. The molecule has 1 aromatic carbocycles. The fraction of sp³-hybridized carbons (Fsp3) is 0.263. The van der Waals surface area contributed by atoms with Gasteiger partial charge in [-0.15, -0.1) is 10.2 Å². The summed E-state index contributed by atoms with van der Waals surface area (Å²) in [4.78, 5) is 24.0. The van der Waals surface area contributed by atoms with Gasteiger partial charge >= 0.3 is 0 Å². The molecule has 0 bridgehead atoms. The lowest BCUT2D eigenvalue weighted by Crippen LogP contribution is -2.13. The maximum Gasteiger partial charge on any atom is 0.293 e. The Hall–Kier alpha value is -2.65. The van der Waals surface area contributed by atoms with Crippen molar-refractivity contribution in [2.24, 2.45) is 0 Å². The highest BCUT2D eigenvalue weighted by atomic mass is 32.2.